The fourth-order valence-corrected chi connectivity index (χ4v) is 2.41. The minimum atomic E-state index is -0.514. The number of amides is 1. The van der Waals surface area contributed by atoms with E-state index in [4.69, 9.17) is 4.74 Å². The van der Waals surface area contributed by atoms with Crippen LogP contribution in [-0.2, 0) is 4.79 Å². The minimum absolute atomic E-state index is 0.0863. The van der Waals surface area contributed by atoms with Crippen molar-refractivity contribution in [3.8, 4) is 5.75 Å². The summed E-state index contributed by atoms with van der Waals surface area (Å²) in [5, 5.41) is 16.9. The summed E-state index contributed by atoms with van der Waals surface area (Å²) in [4.78, 5) is 22.7. The first-order valence-corrected chi connectivity index (χ1v) is 7.76. The zero-order chi connectivity index (χ0) is 18.6. The summed E-state index contributed by atoms with van der Waals surface area (Å²) >= 11 is 0. The van der Waals surface area contributed by atoms with Gasteiger partial charge in [-0.1, -0.05) is 12.1 Å². The Bertz CT molecular complexity index is 818. The van der Waals surface area contributed by atoms with Crippen LogP contribution in [0.3, 0.4) is 0 Å². The Hall–Kier alpha value is -3.09. The van der Waals surface area contributed by atoms with Gasteiger partial charge >= 0.3 is 5.69 Å². The Labute approximate surface area is 146 Å². The lowest BCUT2D eigenvalue weighted by molar-refractivity contribution is -0.385. The molecule has 2 aromatic rings. The Balaban J connectivity index is 2.10. The highest BCUT2D eigenvalue weighted by atomic mass is 16.6. The zero-order valence-electron chi connectivity index (χ0n) is 14.7. The summed E-state index contributed by atoms with van der Waals surface area (Å²) in [6, 6.07) is 8.81. The molecule has 0 saturated carbocycles. The number of hydrogen-bond donors (Lipinski definition) is 2. The lowest BCUT2D eigenvalue weighted by Crippen LogP contribution is -2.22. The number of nitro groups is 1. The van der Waals surface area contributed by atoms with Crippen LogP contribution in [0.4, 0.5) is 17.1 Å². The minimum Gasteiger partial charge on any atom is -0.490 e. The van der Waals surface area contributed by atoms with Crippen molar-refractivity contribution in [1.82, 2.24) is 0 Å². The van der Waals surface area contributed by atoms with E-state index in [-0.39, 0.29) is 23.9 Å². The zero-order valence-corrected chi connectivity index (χ0v) is 14.7. The van der Waals surface area contributed by atoms with E-state index in [1.807, 2.05) is 32.0 Å². The van der Waals surface area contributed by atoms with Crippen LogP contribution in [0.2, 0.25) is 0 Å². The van der Waals surface area contributed by atoms with Crippen molar-refractivity contribution >= 4 is 23.0 Å². The topological polar surface area (TPSA) is 93.5 Å². The number of benzene rings is 2. The second kappa shape index (κ2) is 7.65. The predicted molar refractivity (Wildman–Crippen MR) is 97.4 cm³/mol. The van der Waals surface area contributed by atoms with E-state index < -0.39 is 4.92 Å². The van der Waals surface area contributed by atoms with Crippen molar-refractivity contribution in [3.63, 3.8) is 0 Å². The molecule has 0 spiro atoms. The molecule has 2 aromatic carbocycles. The van der Waals surface area contributed by atoms with Crippen LogP contribution in [0, 0.1) is 30.9 Å². The highest BCUT2D eigenvalue weighted by Crippen LogP contribution is 2.32. The van der Waals surface area contributed by atoms with Gasteiger partial charge in [0, 0.05) is 23.5 Å². The Morgan fingerprint density at radius 2 is 1.84 bits per heavy atom. The lowest BCUT2D eigenvalue weighted by atomic mass is 10.1. The van der Waals surface area contributed by atoms with Crippen LogP contribution < -0.4 is 15.4 Å². The van der Waals surface area contributed by atoms with Crippen molar-refractivity contribution < 1.29 is 14.5 Å². The largest absolute Gasteiger partial charge is 0.490 e. The van der Waals surface area contributed by atoms with Gasteiger partial charge in [-0.05, 0) is 43.5 Å². The SMILES string of the molecule is COc1cc(NC(=O)CNc2cc(C)ccc2C)c(C)cc1[N+](=O)[O-]. The van der Waals surface area contributed by atoms with Gasteiger partial charge in [-0.2, -0.15) is 0 Å². The molecule has 0 radical (unpaired) electrons. The number of carbonyl (C=O) groups excluding carboxylic acids is 1. The molecule has 0 heterocycles. The van der Waals surface area contributed by atoms with Crippen LogP contribution in [-0.4, -0.2) is 24.5 Å². The summed E-state index contributed by atoms with van der Waals surface area (Å²) in [5.41, 5.74) is 3.98. The van der Waals surface area contributed by atoms with E-state index in [0.29, 0.717) is 11.3 Å². The first-order chi connectivity index (χ1) is 11.8. The van der Waals surface area contributed by atoms with Crippen LogP contribution >= 0.6 is 0 Å². The number of hydrogen-bond acceptors (Lipinski definition) is 5. The number of nitrogens with zero attached hydrogens (tertiary/aromatic N) is 1. The van der Waals surface area contributed by atoms with E-state index in [0.717, 1.165) is 16.8 Å². The molecule has 0 unspecified atom stereocenters. The molecule has 132 valence electrons. The van der Waals surface area contributed by atoms with Crippen LogP contribution in [0.1, 0.15) is 16.7 Å². The Morgan fingerprint density at radius 1 is 1.12 bits per heavy atom. The highest BCUT2D eigenvalue weighted by molar-refractivity contribution is 5.95. The van der Waals surface area contributed by atoms with Crippen LogP contribution in [0.15, 0.2) is 30.3 Å². The van der Waals surface area contributed by atoms with E-state index in [2.05, 4.69) is 10.6 Å². The molecule has 7 heteroatoms. The molecule has 7 nitrogen and oxygen atoms in total. The molecule has 2 rings (SSSR count). The quantitative estimate of drug-likeness (QED) is 0.618. The monoisotopic (exact) mass is 343 g/mol. The average molecular weight is 343 g/mol. The van der Waals surface area contributed by atoms with Crippen LogP contribution in [0.5, 0.6) is 5.75 Å². The first-order valence-electron chi connectivity index (χ1n) is 7.76. The smallest absolute Gasteiger partial charge is 0.311 e. The fourth-order valence-electron chi connectivity index (χ4n) is 2.41. The van der Waals surface area contributed by atoms with Crippen molar-refractivity contribution in [3.05, 3.63) is 57.1 Å². The van der Waals surface area contributed by atoms with E-state index in [1.54, 1.807) is 6.92 Å². The van der Waals surface area contributed by atoms with Gasteiger partial charge in [0.25, 0.3) is 0 Å². The Kier molecular flexibility index (Phi) is 5.59. The van der Waals surface area contributed by atoms with E-state index in [9.17, 15) is 14.9 Å². The maximum atomic E-state index is 12.2. The predicted octanol–water partition coefficient (Wildman–Crippen LogP) is 3.58. The molecule has 2 N–H and O–H groups in total. The first kappa shape index (κ1) is 18.3. The van der Waals surface area contributed by atoms with Crippen molar-refractivity contribution in [1.29, 1.82) is 0 Å². The number of anilines is 2. The number of rotatable bonds is 6. The molecule has 0 aliphatic heterocycles. The normalized spacial score (nSPS) is 10.2. The van der Waals surface area contributed by atoms with Crippen molar-refractivity contribution in [2.45, 2.75) is 20.8 Å². The summed E-state index contributed by atoms with van der Waals surface area (Å²) in [6.45, 7) is 5.73. The average Bonchev–Trinajstić information content (AvgIpc) is 2.57. The van der Waals surface area contributed by atoms with Crippen molar-refractivity contribution in [2.24, 2.45) is 0 Å². The van der Waals surface area contributed by atoms with Gasteiger partial charge in [0.1, 0.15) is 0 Å². The molecule has 0 aliphatic rings. The summed E-state index contributed by atoms with van der Waals surface area (Å²) in [5.74, 6) is -0.145. The van der Waals surface area contributed by atoms with E-state index >= 15 is 0 Å². The molecular formula is C18H21N3O4. The molecule has 0 fully saturated rings. The summed E-state index contributed by atoms with van der Waals surface area (Å²) in [7, 11) is 1.35. The number of carbonyl (C=O) groups is 1. The third-order valence-corrected chi connectivity index (χ3v) is 3.83. The van der Waals surface area contributed by atoms with Gasteiger partial charge in [0.2, 0.25) is 5.91 Å². The van der Waals surface area contributed by atoms with Crippen LogP contribution in [0.25, 0.3) is 0 Å². The fraction of sp³-hybridized carbons (Fsp3) is 0.278. The number of nitrogens with one attached hydrogen (secondary N) is 2. The van der Waals surface area contributed by atoms with E-state index in [1.165, 1.54) is 19.2 Å². The van der Waals surface area contributed by atoms with Gasteiger partial charge in [0.05, 0.1) is 18.6 Å². The molecule has 0 aromatic heterocycles. The molecule has 0 aliphatic carbocycles. The third-order valence-electron chi connectivity index (χ3n) is 3.83. The second-order valence-corrected chi connectivity index (χ2v) is 5.82. The summed E-state index contributed by atoms with van der Waals surface area (Å²) < 4.78 is 5.03. The second-order valence-electron chi connectivity index (χ2n) is 5.82. The molecule has 1 amide bonds. The number of nitro benzene ring substituents is 1. The standard InChI is InChI=1S/C18H21N3O4/c1-11-5-6-12(2)14(7-11)19-10-18(22)20-15-9-17(25-4)16(21(23)24)8-13(15)3/h5-9,19H,10H2,1-4H3,(H,20,22). The van der Waals surface area contributed by atoms with Gasteiger partial charge in [-0.3, -0.25) is 14.9 Å². The molecule has 0 atom stereocenters. The van der Waals surface area contributed by atoms with Gasteiger partial charge < -0.3 is 15.4 Å². The maximum absolute atomic E-state index is 12.2. The van der Waals surface area contributed by atoms with Crippen molar-refractivity contribution in [2.75, 3.05) is 24.3 Å². The highest BCUT2D eigenvalue weighted by Gasteiger charge is 2.18. The Morgan fingerprint density at radius 3 is 2.48 bits per heavy atom. The van der Waals surface area contributed by atoms with Gasteiger partial charge in [-0.25, -0.2) is 0 Å². The molecule has 25 heavy (non-hydrogen) atoms. The maximum Gasteiger partial charge on any atom is 0.311 e. The lowest BCUT2D eigenvalue weighted by Gasteiger charge is -2.13. The molecule has 0 saturated heterocycles. The number of methoxy groups -OCH3 is 1. The van der Waals surface area contributed by atoms with Gasteiger partial charge in [-0.15, -0.1) is 0 Å². The van der Waals surface area contributed by atoms with Gasteiger partial charge in [0.15, 0.2) is 5.75 Å². The molecular weight excluding hydrogens is 322 g/mol. The number of ether oxygens (including phenoxy) is 1. The third kappa shape index (κ3) is 4.47. The number of aryl methyl sites for hydroxylation is 3. The molecule has 0 bridgehead atoms. The summed E-state index contributed by atoms with van der Waals surface area (Å²) in [6.07, 6.45) is 0.